The number of hydrogen-bond donors (Lipinski definition) is 1. The van der Waals surface area contributed by atoms with E-state index in [1.54, 1.807) is 35.2 Å². The zero-order valence-corrected chi connectivity index (χ0v) is 13.0. The standard InChI is InChI=1S/C14H20N2O4S/c1-15(12-9-20-8-11(12)14(18)19)7-13(17)16(2)6-10-4-3-5-21-10/h3-5,11-12H,6-9H2,1-2H3,(H,18,19). The summed E-state index contributed by atoms with van der Waals surface area (Å²) in [6.45, 7) is 1.34. The summed E-state index contributed by atoms with van der Waals surface area (Å²) in [5.41, 5.74) is 0. The quantitative estimate of drug-likeness (QED) is 0.839. The van der Waals surface area contributed by atoms with Crippen molar-refractivity contribution >= 4 is 23.2 Å². The van der Waals surface area contributed by atoms with E-state index in [0.29, 0.717) is 13.2 Å². The highest BCUT2D eigenvalue weighted by Crippen LogP contribution is 2.19. The summed E-state index contributed by atoms with van der Waals surface area (Å²) in [5, 5.41) is 11.1. The van der Waals surface area contributed by atoms with Gasteiger partial charge < -0.3 is 14.7 Å². The van der Waals surface area contributed by atoms with Crippen LogP contribution in [0.25, 0.3) is 0 Å². The molecule has 21 heavy (non-hydrogen) atoms. The first kappa shape index (κ1) is 15.9. The van der Waals surface area contributed by atoms with Gasteiger partial charge in [0.2, 0.25) is 5.91 Å². The average molecular weight is 312 g/mol. The lowest BCUT2D eigenvalue weighted by Crippen LogP contribution is -2.45. The van der Waals surface area contributed by atoms with Gasteiger partial charge in [-0.15, -0.1) is 11.3 Å². The normalized spacial score (nSPS) is 21.7. The molecule has 1 aromatic rings. The smallest absolute Gasteiger partial charge is 0.310 e. The van der Waals surface area contributed by atoms with Crippen molar-refractivity contribution < 1.29 is 19.4 Å². The van der Waals surface area contributed by atoms with Crippen molar-refractivity contribution in [3.8, 4) is 0 Å². The molecule has 1 aromatic heterocycles. The fourth-order valence-electron chi connectivity index (χ4n) is 2.39. The van der Waals surface area contributed by atoms with E-state index in [1.165, 1.54) is 0 Å². The lowest BCUT2D eigenvalue weighted by atomic mass is 10.0. The molecular weight excluding hydrogens is 292 g/mol. The van der Waals surface area contributed by atoms with Crippen LogP contribution in [0, 0.1) is 5.92 Å². The summed E-state index contributed by atoms with van der Waals surface area (Å²) in [6.07, 6.45) is 0. The Labute approximate surface area is 127 Å². The van der Waals surface area contributed by atoms with E-state index in [-0.39, 0.29) is 25.1 Å². The van der Waals surface area contributed by atoms with Crippen LogP contribution in [-0.2, 0) is 20.9 Å². The number of thiophene rings is 1. The highest BCUT2D eigenvalue weighted by Gasteiger charge is 2.37. The minimum absolute atomic E-state index is 0.0260. The van der Waals surface area contributed by atoms with Crippen LogP contribution in [0.1, 0.15) is 4.88 Å². The maximum absolute atomic E-state index is 12.2. The molecule has 1 N–H and O–H groups in total. The highest BCUT2D eigenvalue weighted by atomic mass is 32.1. The summed E-state index contributed by atoms with van der Waals surface area (Å²) in [5.74, 6) is -1.46. The van der Waals surface area contributed by atoms with E-state index in [0.717, 1.165) is 4.88 Å². The van der Waals surface area contributed by atoms with Crippen LogP contribution >= 0.6 is 11.3 Å². The summed E-state index contributed by atoms with van der Waals surface area (Å²) >= 11 is 1.61. The van der Waals surface area contributed by atoms with Gasteiger partial charge >= 0.3 is 5.97 Å². The first-order chi connectivity index (χ1) is 9.99. The number of ether oxygens (including phenoxy) is 1. The zero-order chi connectivity index (χ0) is 15.4. The van der Waals surface area contributed by atoms with E-state index in [2.05, 4.69) is 0 Å². The van der Waals surface area contributed by atoms with Crippen LogP contribution in [0.2, 0.25) is 0 Å². The number of carbonyl (C=O) groups excluding carboxylic acids is 1. The molecule has 1 amide bonds. The molecule has 1 saturated heterocycles. The van der Waals surface area contributed by atoms with Crippen LogP contribution in [0.3, 0.4) is 0 Å². The van der Waals surface area contributed by atoms with Crippen molar-refractivity contribution in [1.82, 2.24) is 9.80 Å². The second kappa shape index (κ2) is 7.02. The number of hydrogen-bond acceptors (Lipinski definition) is 5. The lowest BCUT2D eigenvalue weighted by molar-refractivity contribution is -0.144. The molecule has 2 heterocycles. The molecule has 1 fully saturated rings. The van der Waals surface area contributed by atoms with Crippen LogP contribution < -0.4 is 0 Å². The SMILES string of the molecule is CN(Cc1cccs1)C(=O)CN(C)C1COCC1C(=O)O. The van der Waals surface area contributed by atoms with Crippen molar-refractivity contribution in [3.05, 3.63) is 22.4 Å². The van der Waals surface area contributed by atoms with Gasteiger partial charge in [-0.1, -0.05) is 6.07 Å². The molecule has 2 atom stereocenters. The van der Waals surface area contributed by atoms with Crippen molar-refractivity contribution in [1.29, 1.82) is 0 Å². The minimum Gasteiger partial charge on any atom is -0.481 e. The molecular formula is C14H20N2O4S. The van der Waals surface area contributed by atoms with E-state index in [4.69, 9.17) is 9.84 Å². The number of carbonyl (C=O) groups is 2. The van der Waals surface area contributed by atoms with Gasteiger partial charge in [0.05, 0.1) is 32.2 Å². The predicted octanol–water partition coefficient (Wildman–Crippen LogP) is 0.738. The van der Waals surface area contributed by atoms with Crippen LogP contribution in [-0.4, -0.2) is 66.7 Å². The molecule has 0 radical (unpaired) electrons. The van der Waals surface area contributed by atoms with Crippen molar-refractivity contribution in [2.75, 3.05) is 33.9 Å². The number of rotatable bonds is 6. The Balaban J connectivity index is 1.88. The van der Waals surface area contributed by atoms with E-state index >= 15 is 0 Å². The van der Waals surface area contributed by atoms with Crippen LogP contribution in [0.4, 0.5) is 0 Å². The first-order valence-corrected chi connectivity index (χ1v) is 7.64. The molecule has 1 aliphatic rings. The third-order valence-electron chi connectivity index (χ3n) is 3.72. The number of likely N-dealkylation sites (N-methyl/N-ethyl adjacent to an activating group) is 2. The molecule has 0 aliphatic carbocycles. The number of carboxylic acid groups (broad SMARTS) is 1. The average Bonchev–Trinajstić information content (AvgIpc) is 3.08. The van der Waals surface area contributed by atoms with Crippen molar-refractivity contribution in [2.45, 2.75) is 12.6 Å². The summed E-state index contributed by atoms with van der Waals surface area (Å²) in [4.78, 5) is 27.9. The Kier molecular flexibility index (Phi) is 5.33. The van der Waals surface area contributed by atoms with Gasteiger partial charge in [0, 0.05) is 18.0 Å². The van der Waals surface area contributed by atoms with Crippen LogP contribution in [0.15, 0.2) is 17.5 Å². The number of nitrogens with zero attached hydrogens (tertiary/aromatic N) is 2. The molecule has 0 saturated carbocycles. The van der Waals surface area contributed by atoms with Crippen molar-refractivity contribution in [2.24, 2.45) is 5.92 Å². The Morgan fingerprint density at radius 2 is 2.19 bits per heavy atom. The molecule has 6 nitrogen and oxygen atoms in total. The largest absolute Gasteiger partial charge is 0.481 e. The third-order valence-corrected chi connectivity index (χ3v) is 4.58. The molecule has 2 unspecified atom stereocenters. The van der Waals surface area contributed by atoms with Gasteiger partial charge in [-0.25, -0.2) is 0 Å². The van der Waals surface area contributed by atoms with Gasteiger partial charge in [0.25, 0.3) is 0 Å². The first-order valence-electron chi connectivity index (χ1n) is 6.76. The Morgan fingerprint density at radius 3 is 2.81 bits per heavy atom. The highest BCUT2D eigenvalue weighted by molar-refractivity contribution is 7.09. The molecule has 2 rings (SSSR count). The summed E-state index contributed by atoms with van der Waals surface area (Å²) in [6, 6.07) is 3.70. The Hall–Kier alpha value is -1.44. The second-order valence-electron chi connectivity index (χ2n) is 5.29. The Morgan fingerprint density at radius 1 is 1.43 bits per heavy atom. The maximum Gasteiger partial charge on any atom is 0.310 e. The van der Waals surface area contributed by atoms with Crippen molar-refractivity contribution in [3.63, 3.8) is 0 Å². The predicted molar refractivity (Wildman–Crippen MR) is 79.2 cm³/mol. The maximum atomic E-state index is 12.2. The minimum atomic E-state index is -0.872. The van der Waals surface area contributed by atoms with Crippen LogP contribution in [0.5, 0.6) is 0 Å². The Bertz CT molecular complexity index is 491. The fraction of sp³-hybridized carbons (Fsp3) is 0.571. The molecule has 0 bridgehead atoms. The monoisotopic (exact) mass is 312 g/mol. The summed E-state index contributed by atoms with van der Waals surface area (Å²) < 4.78 is 5.23. The van der Waals surface area contributed by atoms with Gasteiger partial charge in [-0.3, -0.25) is 14.5 Å². The van der Waals surface area contributed by atoms with E-state index < -0.39 is 11.9 Å². The molecule has 0 aromatic carbocycles. The van der Waals surface area contributed by atoms with Gasteiger partial charge in [-0.2, -0.15) is 0 Å². The van der Waals surface area contributed by atoms with E-state index in [1.807, 2.05) is 17.5 Å². The molecule has 116 valence electrons. The van der Waals surface area contributed by atoms with Gasteiger partial charge in [0.1, 0.15) is 0 Å². The molecule has 1 aliphatic heterocycles. The number of carboxylic acids is 1. The summed E-state index contributed by atoms with van der Waals surface area (Å²) in [7, 11) is 3.53. The lowest BCUT2D eigenvalue weighted by Gasteiger charge is -2.27. The molecule has 0 spiro atoms. The number of aliphatic carboxylic acids is 1. The topological polar surface area (TPSA) is 70.1 Å². The van der Waals surface area contributed by atoms with Gasteiger partial charge in [-0.05, 0) is 18.5 Å². The number of amides is 1. The fourth-order valence-corrected chi connectivity index (χ4v) is 3.15. The van der Waals surface area contributed by atoms with Gasteiger partial charge in [0.15, 0.2) is 0 Å². The second-order valence-corrected chi connectivity index (χ2v) is 6.33. The third kappa shape index (κ3) is 4.03. The zero-order valence-electron chi connectivity index (χ0n) is 12.2. The molecule has 7 heteroatoms. The van der Waals surface area contributed by atoms with E-state index in [9.17, 15) is 9.59 Å².